The van der Waals surface area contributed by atoms with E-state index in [0.29, 0.717) is 0 Å². The Balaban J connectivity index is 2.06. The highest BCUT2D eigenvalue weighted by Crippen LogP contribution is 2.34. The minimum Gasteiger partial charge on any atom is -0.291 e. The molecule has 5 aromatic rings. The molecule has 3 heterocycles. The maximum atomic E-state index is 4.88. The summed E-state index contributed by atoms with van der Waals surface area (Å²) in [7, 11) is 0. The van der Waals surface area contributed by atoms with Crippen LogP contribution in [0, 0.1) is 0 Å². The van der Waals surface area contributed by atoms with Crippen LogP contribution in [0.5, 0.6) is 0 Å². The lowest BCUT2D eigenvalue weighted by molar-refractivity contribution is 1.25. The van der Waals surface area contributed by atoms with Gasteiger partial charge < -0.3 is 0 Å². The van der Waals surface area contributed by atoms with Crippen LogP contribution in [0.25, 0.3) is 38.0 Å². The van der Waals surface area contributed by atoms with Gasteiger partial charge in [0, 0.05) is 0 Å². The Morgan fingerprint density at radius 3 is 2.59 bits per heavy atom. The minimum absolute atomic E-state index is 1.04. The zero-order valence-corrected chi connectivity index (χ0v) is 12.5. The second-order valence-electron chi connectivity index (χ2n) is 5.36. The van der Waals surface area contributed by atoms with Crippen LogP contribution in [0.3, 0.4) is 0 Å². The standard InChI is InChI=1S/C19H12N2S/c1-2-6-13(7-3-1)17-12-14-10-11-22-18(14)19-20-15-8-4-5-9-16(15)21(17)19/h1-12H. The molecule has 0 fully saturated rings. The number of imidazole rings is 1. The van der Waals surface area contributed by atoms with E-state index in [2.05, 4.69) is 70.4 Å². The number of benzene rings is 2. The number of aromatic nitrogens is 2. The Morgan fingerprint density at radius 1 is 0.864 bits per heavy atom. The van der Waals surface area contributed by atoms with E-state index in [4.69, 9.17) is 4.98 Å². The topological polar surface area (TPSA) is 17.3 Å². The summed E-state index contributed by atoms with van der Waals surface area (Å²) in [5.41, 5.74) is 5.65. The van der Waals surface area contributed by atoms with E-state index in [9.17, 15) is 0 Å². The molecule has 2 aromatic carbocycles. The SMILES string of the molecule is c1ccc(-c2cc3ccsc3c3nc4ccccc4n23)cc1. The average molecular weight is 300 g/mol. The third-order valence-electron chi connectivity index (χ3n) is 4.06. The molecule has 3 heteroatoms. The largest absolute Gasteiger partial charge is 0.291 e. The predicted octanol–water partition coefficient (Wildman–Crippen LogP) is 5.37. The van der Waals surface area contributed by atoms with Gasteiger partial charge in [0.25, 0.3) is 0 Å². The lowest BCUT2D eigenvalue weighted by Crippen LogP contribution is -1.92. The van der Waals surface area contributed by atoms with Crippen molar-refractivity contribution in [2.24, 2.45) is 0 Å². The molecule has 0 atom stereocenters. The van der Waals surface area contributed by atoms with Crippen LogP contribution in [0.4, 0.5) is 0 Å². The number of hydrogen-bond acceptors (Lipinski definition) is 2. The summed E-state index contributed by atoms with van der Waals surface area (Å²) in [5, 5.41) is 3.39. The molecule has 0 aliphatic heterocycles. The van der Waals surface area contributed by atoms with Crippen molar-refractivity contribution in [3.8, 4) is 11.3 Å². The molecular weight excluding hydrogens is 288 g/mol. The second-order valence-corrected chi connectivity index (χ2v) is 6.28. The van der Waals surface area contributed by atoms with E-state index in [1.165, 1.54) is 21.3 Å². The Hall–Kier alpha value is -2.65. The number of hydrogen-bond donors (Lipinski definition) is 0. The van der Waals surface area contributed by atoms with Gasteiger partial charge in [-0.3, -0.25) is 4.40 Å². The zero-order chi connectivity index (χ0) is 14.5. The van der Waals surface area contributed by atoms with Crippen LogP contribution in [-0.4, -0.2) is 9.38 Å². The predicted molar refractivity (Wildman–Crippen MR) is 93.5 cm³/mol. The number of fused-ring (bicyclic) bond motifs is 5. The molecule has 0 unspecified atom stereocenters. The van der Waals surface area contributed by atoms with E-state index < -0.39 is 0 Å². The fraction of sp³-hybridized carbons (Fsp3) is 0. The normalized spacial score (nSPS) is 11.6. The molecule has 0 aliphatic carbocycles. The Bertz CT molecular complexity index is 1120. The molecule has 0 bridgehead atoms. The van der Waals surface area contributed by atoms with Crippen LogP contribution in [0.1, 0.15) is 0 Å². The van der Waals surface area contributed by atoms with Crippen LogP contribution < -0.4 is 0 Å². The number of para-hydroxylation sites is 2. The van der Waals surface area contributed by atoms with Crippen LogP contribution in [-0.2, 0) is 0 Å². The van der Waals surface area contributed by atoms with Crippen molar-refractivity contribution in [2.45, 2.75) is 0 Å². The molecule has 0 amide bonds. The zero-order valence-electron chi connectivity index (χ0n) is 11.7. The Labute approximate surface area is 131 Å². The van der Waals surface area contributed by atoms with Crippen molar-refractivity contribution in [1.82, 2.24) is 9.38 Å². The lowest BCUT2D eigenvalue weighted by atomic mass is 10.1. The summed E-state index contributed by atoms with van der Waals surface area (Å²) in [5.74, 6) is 0. The van der Waals surface area contributed by atoms with Gasteiger partial charge in [-0.05, 0) is 40.6 Å². The van der Waals surface area contributed by atoms with Gasteiger partial charge >= 0.3 is 0 Å². The maximum Gasteiger partial charge on any atom is 0.156 e. The highest BCUT2D eigenvalue weighted by Gasteiger charge is 2.13. The van der Waals surface area contributed by atoms with E-state index in [1.54, 1.807) is 11.3 Å². The van der Waals surface area contributed by atoms with Gasteiger partial charge in [-0.1, -0.05) is 42.5 Å². The molecule has 3 aromatic heterocycles. The van der Waals surface area contributed by atoms with Gasteiger partial charge in [0.05, 0.1) is 21.4 Å². The third-order valence-corrected chi connectivity index (χ3v) is 4.99. The molecule has 0 saturated heterocycles. The fourth-order valence-corrected chi connectivity index (χ4v) is 3.93. The highest BCUT2D eigenvalue weighted by molar-refractivity contribution is 7.18. The molecule has 0 radical (unpaired) electrons. The van der Waals surface area contributed by atoms with E-state index in [0.717, 1.165) is 16.7 Å². The van der Waals surface area contributed by atoms with Crippen molar-refractivity contribution in [2.75, 3.05) is 0 Å². The van der Waals surface area contributed by atoms with Gasteiger partial charge in [0.15, 0.2) is 5.65 Å². The second kappa shape index (κ2) is 4.42. The van der Waals surface area contributed by atoms with Crippen molar-refractivity contribution < 1.29 is 0 Å². The third kappa shape index (κ3) is 1.57. The van der Waals surface area contributed by atoms with Gasteiger partial charge in [0.1, 0.15) is 0 Å². The minimum atomic E-state index is 1.04. The Morgan fingerprint density at radius 2 is 1.68 bits per heavy atom. The molecule has 0 N–H and O–H groups in total. The highest BCUT2D eigenvalue weighted by atomic mass is 32.1. The molecule has 0 saturated carbocycles. The smallest absolute Gasteiger partial charge is 0.156 e. The van der Waals surface area contributed by atoms with E-state index in [1.807, 2.05) is 6.07 Å². The first-order valence-electron chi connectivity index (χ1n) is 7.25. The maximum absolute atomic E-state index is 4.88. The summed E-state index contributed by atoms with van der Waals surface area (Å²) in [6.45, 7) is 0. The average Bonchev–Trinajstić information content (AvgIpc) is 3.19. The lowest BCUT2D eigenvalue weighted by Gasteiger charge is -2.08. The first kappa shape index (κ1) is 12.0. The first-order chi connectivity index (χ1) is 10.9. The number of nitrogens with zero attached hydrogens (tertiary/aromatic N) is 2. The van der Waals surface area contributed by atoms with E-state index in [-0.39, 0.29) is 0 Å². The first-order valence-corrected chi connectivity index (χ1v) is 8.12. The number of rotatable bonds is 1. The quantitative estimate of drug-likeness (QED) is 0.407. The van der Waals surface area contributed by atoms with Gasteiger partial charge in [-0.15, -0.1) is 11.3 Å². The molecule has 2 nitrogen and oxygen atoms in total. The van der Waals surface area contributed by atoms with Crippen molar-refractivity contribution >= 4 is 38.1 Å². The van der Waals surface area contributed by atoms with Crippen LogP contribution >= 0.6 is 11.3 Å². The van der Waals surface area contributed by atoms with E-state index >= 15 is 0 Å². The molecule has 22 heavy (non-hydrogen) atoms. The van der Waals surface area contributed by atoms with Gasteiger partial charge in [0.2, 0.25) is 0 Å². The summed E-state index contributed by atoms with van der Waals surface area (Å²) >= 11 is 1.75. The monoisotopic (exact) mass is 300 g/mol. The molecule has 5 rings (SSSR count). The van der Waals surface area contributed by atoms with Gasteiger partial charge in [-0.2, -0.15) is 0 Å². The van der Waals surface area contributed by atoms with Crippen molar-refractivity contribution in [3.05, 3.63) is 72.1 Å². The summed E-state index contributed by atoms with van der Waals surface area (Å²) in [6.07, 6.45) is 0. The summed E-state index contributed by atoms with van der Waals surface area (Å²) < 4.78 is 3.53. The number of pyridine rings is 1. The van der Waals surface area contributed by atoms with Gasteiger partial charge in [-0.25, -0.2) is 4.98 Å². The van der Waals surface area contributed by atoms with Crippen LogP contribution in [0.15, 0.2) is 72.1 Å². The van der Waals surface area contributed by atoms with Crippen molar-refractivity contribution in [1.29, 1.82) is 0 Å². The summed E-state index contributed by atoms with van der Waals surface area (Å²) in [6, 6.07) is 23.3. The molecule has 0 spiro atoms. The Kier molecular flexibility index (Phi) is 2.40. The number of thiophene rings is 1. The fourth-order valence-electron chi connectivity index (χ4n) is 3.07. The summed E-state index contributed by atoms with van der Waals surface area (Å²) in [4.78, 5) is 4.88. The molecule has 104 valence electrons. The van der Waals surface area contributed by atoms with Crippen LogP contribution in [0.2, 0.25) is 0 Å². The molecular formula is C19H12N2S. The molecule has 0 aliphatic rings. The van der Waals surface area contributed by atoms with Crippen molar-refractivity contribution in [3.63, 3.8) is 0 Å².